The Balaban J connectivity index is 0.977. The van der Waals surface area contributed by atoms with E-state index < -0.39 is 17.4 Å². The highest BCUT2D eigenvalue weighted by Gasteiger charge is 2.49. The summed E-state index contributed by atoms with van der Waals surface area (Å²) >= 11 is 0. The Kier molecular flexibility index (Phi) is 7.42. The molecule has 3 aliphatic rings. The van der Waals surface area contributed by atoms with Gasteiger partial charge >= 0.3 is 6.18 Å². The number of rotatable bonds is 8. The van der Waals surface area contributed by atoms with Crippen LogP contribution in [-0.2, 0) is 18.3 Å². The molecule has 45 heavy (non-hydrogen) atoms. The zero-order valence-electron chi connectivity index (χ0n) is 24.4. The maximum absolute atomic E-state index is 13.6. The van der Waals surface area contributed by atoms with E-state index in [0.29, 0.717) is 44.5 Å². The Morgan fingerprint density at radius 1 is 1.11 bits per heavy atom. The molecule has 3 fully saturated rings. The molecule has 0 bridgehead atoms. The summed E-state index contributed by atoms with van der Waals surface area (Å²) in [5.41, 5.74) is 1.51. The maximum atomic E-state index is 13.6. The third-order valence-electron chi connectivity index (χ3n) is 9.31. The molecule has 0 aromatic carbocycles. The van der Waals surface area contributed by atoms with E-state index in [2.05, 4.69) is 42.1 Å². The number of nitriles is 2. The molecule has 0 radical (unpaired) electrons. The van der Waals surface area contributed by atoms with Crippen molar-refractivity contribution in [2.75, 3.05) is 26.2 Å². The fraction of sp³-hybridized carbons (Fsp3) is 0.484. The Hall–Kier alpha value is -4.53. The van der Waals surface area contributed by atoms with Crippen LogP contribution in [0.15, 0.2) is 43.1 Å². The van der Waals surface area contributed by atoms with E-state index in [0.717, 1.165) is 54.3 Å². The van der Waals surface area contributed by atoms with Gasteiger partial charge in [0, 0.05) is 68.2 Å². The van der Waals surface area contributed by atoms with Crippen LogP contribution >= 0.6 is 0 Å². The fourth-order valence-corrected chi connectivity index (χ4v) is 6.87. The third-order valence-corrected chi connectivity index (χ3v) is 9.31. The fourth-order valence-electron chi connectivity index (χ4n) is 6.87. The number of H-pyrrole nitrogens is 1. The average Bonchev–Trinajstić information content (AvgIpc) is 3.67. The second-order valence-corrected chi connectivity index (χ2v) is 12.3. The molecular weight excluding hydrogens is 585 g/mol. The molecule has 0 amide bonds. The van der Waals surface area contributed by atoms with Gasteiger partial charge in [0.25, 0.3) is 0 Å². The van der Waals surface area contributed by atoms with Crippen molar-refractivity contribution < 1.29 is 17.9 Å². The highest BCUT2D eigenvalue weighted by Crippen LogP contribution is 2.46. The molecule has 1 saturated carbocycles. The predicted molar refractivity (Wildman–Crippen MR) is 155 cm³/mol. The van der Waals surface area contributed by atoms with Crippen molar-refractivity contribution in [2.24, 2.45) is 5.92 Å². The van der Waals surface area contributed by atoms with E-state index in [1.54, 1.807) is 12.3 Å². The molecule has 0 spiro atoms. The van der Waals surface area contributed by atoms with Gasteiger partial charge in [-0.15, -0.1) is 0 Å². The van der Waals surface area contributed by atoms with Crippen LogP contribution in [-0.4, -0.2) is 77.8 Å². The number of pyridine rings is 1. The molecule has 0 unspecified atom stereocenters. The number of fused-ring (bicyclic) bond motifs is 1. The Labute approximate surface area is 257 Å². The summed E-state index contributed by atoms with van der Waals surface area (Å²) in [6.45, 7) is 2.89. The number of nitrogens with zero attached hydrogens (tertiary/aromatic N) is 9. The van der Waals surface area contributed by atoms with Crippen molar-refractivity contribution in [2.45, 2.75) is 62.5 Å². The minimum atomic E-state index is -4.58. The van der Waals surface area contributed by atoms with Crippen molar-refractivity contribution in [3.8, 4) is 29.3 Å². The minimum Gasteiger partial charge on any atom is -0.474 e. The van der Waals surface area contributed by atoms with E-state index in [1.807, 2.05) is 28.0 Å². The first-order chi connectivity index (χ1) is 21.7. The minimum absolute atomic E-state index is 0.0117. The number of nitrogens with one attached hydrogen (secondary N) is 1. The van der Waals surface area contributed by atoms with Crippen molar-refractivity contribution in [3.05, 3.63) is 54.4 Å². The molecule has 6 heterocycles. The Morgan fingerprint density at radius 3 is 2.64 bits per heavy atom. The smallest absolute Gasteiger partial charge is 0.433 e. The maximum Gasteiger partial charge on any atom is 0.433 e. The summed E-state index contributed by atoms with van der Waals surface area (Å²) in [7, 11) is 0. The number of likely N-dealkylation sites (tertiary alicyclic amines) is 2. The lowest BCUT2D eigenvalue weighted by Gasteiger charge is -2.52. The molecular formula is C31H31F3N10O. The van der Waals surface area contributed by atoms with Crippen LogP contribution < -0.4 is 4.74 Å². The van der Waals surface area contributed by atoms with Gasteiger partial charge < -0.3 is 9.72 Å². The number of hydrogen-bond donors (Lipinski definition) is 1. The first-order valence-electron chi connectivity index (χ1n) is 15.0. The van der Waals surface area contributed by atoms with Crippen LogP contribution in [0.2, 0.25) is 0 Å². The van der Waals surface area contributed by atoms with Crippen LogP contribution in [0.4, 0.5) is 13.2 Å². The van der Waals surface area contributed by atoms with E-state index in [9.17, 15) is 18.4 Å². The lowest BCUT2D eigenvalue weighted by molar-refractivity contribution is -0.141. The number of hydrogen-bond acceptors (Lipinski definition) is 9. The average molecular weight is 617 g/mol. The largest absolute Gasteiger partial charge is 0.474 e. The molecule has 2 aliphatic heterocycles. The zero-order valence-corrected chi connectivity index (χ0v) is 24.4. The molecule has 1 aliphatic carbocycles. The molecule has 7 rings (SSSR count). The number of aromatic nitrogens is 6. The van der Waals surface area contributed by atoms with E-state index in [4.69, 9.17) is 10.00 Å². The first kappa shape index (κ1) is 29.2. The molecule has 232 valence electrons. The molecule has 0 atom stereocenters. The van der Waals surface area contributed by atoms with E-state index >= 15 is 0 Å². The van der Waals surface area contributed by atoms with Gasteiger partial charge in [0.1, 0.15) is 23.8 Å². The second-order valence-electron chi connectivity index (χ2n) is 12.3. The number of alkyl halides is 3. The summed E-state index contributed by atoms with van der Waals surface area (Å²) in [4.78, 5) is 19.9. The Bertz CT molecular complexity index is 1770. The van der Waals surface area contributed by atoms with E-state index in [1.165, 1.54) is 6.33 Å². The number of ether oxygens (including phenoxy) is 1. The van der Waals surface area contributed by atoms with Gasteiger partial charge in [-0.05, 0) is 43.4 Å². The normalized spacial score (nSPS) is 23.3. The van der Waals surface area contributed by atoms with Crippen LogP contribution in [0, 0.1) is 28.6 Å². The van der Waals surface area contributed by atoms with Gasteiger partial charge in [0.15, 0.2) is 0 Å². The summed E-state index contributed by atoms with van der Waals surface area (Å²) < 4.78 is 48.8. The van der Waals surface area contributed by atoms with Crippen LogP contribution in [0.3, 0.4) is 0 Å². The molecule has 4 aromatic heterocycles. The van der Waals surface area contributed by atoms with Gasteiger partial charge in [-0.3, -0.25) is 14.5 Å². The molecule has 2 saturated heterocycles. The molecule has 11 nitrogen and oxygen atoms in total. The predicted octanol–water partition coefficient (Wildman–Crippen LogP) is 4.51. The van der Waals surface area contributed by atoms with E-state index in [-0.39, 0.29) is 23.9 Å². The van der Waals surface area contributed by atoms with Crippen LogP contribution in [0.1, 0.15) is 43.4 Å². The van der Waals surface area contributed by atoms with Gasteiger partial charge in [-0.2, -0.15) is 28.8 Å². The van der Waals surface area contributed by atoms with Crippen molar-refractivity contribution in [3.63, 3.8) is 0 Å². The van der Waals surface area contributed by atoms with Gasteiger partial charge in [0.2, 0.25) is 5.88 Å². The summed E-state index contributed by atoms with van der Waals surface area (Å²) in [5.74, 6) is -0.0877. The second kappa shape index (κ2) is 11.4. The number of halogens is 3. The standard InChI is InChI=1S/C31H31F3N10O/c32-31(33,34)26-9-20(15-42-16-21(13-36)17-42)10-27(41-26)45-24-2-7-43(8-3-24)23-11-30(12-23,4-5-35)44-18-22(14-40-44)28-25-1-6-37-29(25)39-19-38-28/h1,6,9-10,14,18-19,21,23-24H,2-4,7-8,11-12,15-17H2,(H,37,38,39). The van der Waals surface area contributed by atoms with Crippen LogP contribution in [0.25, 0.3) is 22.3 Å². The quantitative estimate of drug-likeness (QED) is 0.303. The van der Waals surface area contributed by atoms with Crippen molar-refractivity contribution >= 4 is 11.0 Å². The first-order valence-corrected chi connectivity index (χ1v) is 15.0. The van der Waals surface area contributed by atoms with Gasteiger partial charge in [-0.1, -0.05) is 0 Å². The number of aromatic amines is 1. The molecule has 4 aromatic rings. The highest BCUT2D eigenvalue weighted by molar-refractivity contribution is 5.90. The van der Waals surface area contributed by atoms with Crippen LogP contribution in [0.5, 0.6) is 5.88 Å². The summed E-state index contributed by atoms with van der Waals surface area (Å²) in [6, 6.07) is 9.39. The van der Waals surface area contributed by atoms with Gasteiger partial charge in [-0.25, -0.2) is 15.0 Å². The number of piperidine rings is 1. The molecule has 14 heteroatoms. The monoisotopic (exact) mass is 616 g/mol. The summed E-state index contributed by atoms with van der Waals surface area (Å²) in [5, 5.41) is 24.2. The lowest BCUT2D eigenvalue weighted by Crippen LogP contribution is -2.58. The lowest BCUT2D eigenvalue weighted by atomic mass is 9.69. The summed E-state index contributed by atoms with van der Waals surface area (Å²) in [6.07, 6.45) is 5.48. The van der Waals surface area contributed by atoms with Crippen molar-refractivity contribution in [1.82, 2.24) is 39.5 Å². The topological polar surface area (TPSA) is 136 Å². The van der Waals surface area contributed by atoms with Crippen molar-refractivity contribution in [1.29, 1.82) is 10.5 Å². The molecule has 1 N–H and O–H groups in total. The third kappa shape index (κ3) is 5.72. The highest BCUT2D eigenvalue weighted by atomic mass is 19.4. The zero-order chi connectivity index (χ0) is 31.2. The van der Waals surface area contributed by atoms with Gasteiger partial charge in [0.05, 0.1) is 41.9 Å². The SMILES string of the molecule is N#CCC1(n2cc(-c3ncnc4[nH]ccc34)cn2)CC(N2CCC(Oc3cc(CN4CC(C#N)C4)cc(C(F)(F)F)n3)CC2)C1. The Morgan fingerprint density at radius 2 is 1.91 bits per heavy atom.